The summed E-state index contributed by atoms with van der Waals surface area (Å²) in [7, 11) is 1.66. The first-order valence-electron chi connectivity index (χ1n) is 10.3. The quantitative estimate of drug-likeness (QED) is 0.720. The zero-order valence-corrected chi connectivity index (χ0v) is 16.9. The molecule has 1 aromatic carbocycles. The Kier molecular flexibility index (Phi) is 4.92. The highest BCUT2D eigenvalue weighted by molar-refractivity contribution is 5.80. The monoisotopic (exact) mass is 407 g/mol. The summed E-state index contributed by atoms with van der Waals surface area (Å²) in [5.41, 5.74) is 4.01. The van der Waals surface area contributed by atoms with Crippen molar-refractivity contribution in [1.82, 2.24) is 14.3 Å². The van der Waals surface area contributed by atoms with E-state index in [1.165, 1.54) is 0 Å². The maximum absolute atomic E-state index is 12.7. The van der Waals surface area contributed by atoms with E-state index in [0.717, 1.165) is 28.1 Å². The zero-order chi connectivity index (χ0) is 20.7. The number of morpholine rings is 1. The highest BCUT2D eigenvalue weighted by Crippen LogP contribution is 2.32. The number of imidazole rings is 1. The van der Waals surface area contributed by atoms with Gasteiger partial charge in [0.25, 0.3) is 0 Å². The van der Waals surface area contributed by atoms with Gasteiger partial charge < -0.3 is 23.9 Å². The smallest absolute Gasteiger partial charge is 0.226 e. The van der Waals surface area contributed by atoms with E-state index in [1.54, 1.807) is 13.4 Å². The maximum Gasteiger partial charge on any atom is 0.226 e. The van der Waals surface area contributed by atoms with E-state index in [1.807, 2.05) is 39.6 Å². The lowest BCUT2D eigenvalue weighted by Crippen LogP contribution is -2.48. The number of benzene rings is 1. The molecule has 7 heteroatoms. The van der Waals surface area contributed by atoms with Gasteiger partial charge in [-0.1, -0.05) is 18.2 Å². The van der Waals surface area contributed by atoms with Gasteiger partial charge in [0.15, 0.2) is 0 Å². The Balaban J connectivity index is 1.36. The molecule has 7 nitrogen and oxygen atoms in total. The van der Waals surface area contributed by atoms with Crippen LogP contribution < -0.4 is 4.74 Å². The number of ether oxygens (including phenoxy) is 2. The summed E-state index contributed by atoms with van der Waals surface area (Å²) in [6.07, 6.45) is 4.42. The molecule has 0 radical (unpaired) electrons. The van der Waals surface area contributed by atoms with E-state index < -0.39 is 0 Å². The number of fused-ring (bicyclic) bond motifs is 1. The molecule has 1 aliphatic carbocycles. The van der Waals surface area contributed by atoms with Crippen molar-refractivity contribution in [3.63, 3.8) is 0 Å². The maximum atomic E-state index is 12.7. The highest BCUT2D eigenvalue weighted by atomic mass is 16.5. The van der Waals surface area contributed by atoms with Gasteiger partial charge in [0.2, 0.25) is 5.91 Å². The normalized spacial score (nSPS) is 23.9. The Morgan fingerprint density at radius 3 is 2.67 bits per heavy atom. The highest BCUT2D eigenvalue weighted by Gasteiger charge is 2.38. The third-order valence-electron chi connectivity index (χ3n) is 6.13. The van der Waals surface area contributed by atoms with Gasteiger partial charge in [-0.3, -0.25) is 4.79 Å². The van der Waals surface area contributed by atoms with E-state index >= 15 is 0 Å². The van der Waals surface area contributed by atoms with Crippen LogP contribution in [0.25, 0.3) is 16.6 Å². The van der Waals surface area contributed by atoms with Gasteiger partial charge in [0.1, 0.15) is 11.9 Å². The number of hydrogen-bond donors (Lipinski definition) is 1. The second-order valence-electron chi connectivity index (χ2n) is 8.03. The number of hydrogen-bond acceptors (Lipinski definition) is 5. The fourth-order valence-corrected chi connectivity index (χ4v) is 4.29. The molecule has 1 atom stereocenters. The number of amides is 1. The third kappa shape index (κ3) is 3.44. The molecule has 1 saturated heterocycles. The van der Waals surface area contributed by atoms with Crippen molar-refractivity contribution in [2.24, 2.45) is 5.92 Å². The standard InChI is InChI=1S/C23H25N3O4/c1-29-19-5-2-15(3-6-19)16-4-7-20-22(24-14-26(20)12-16)21-13-25(8-9-30-21)23(28)17-10-18(27)11-17/h2-7,12,14,17-18,21,27H,8-11,13H2,1H3/t17?,18?,21-/m0/s1. The first kappa shape index (κ1) is 19.1. The van der Waals surface area contributed by atoms with Crippen LogP contribution in [0.15, 0.2) is 48.9 Å². The summed E-state index contributed by atoms with van der Waals surface area (Å²) in [5.74, 6) is 0.901. The van der Waals surface area contributed by atoms with Gasteiger partial charge in [0.05, 0.1) is 43.9 Å². The molecular weight excluding hydrogens is 382 g/mol. The first-order chi connectivity index (χ1) is 14.6. The van der Waals surface area contributed by atoms with Crippen molar-refractivity contribution in [2.45, 2.75) is 25.0 Å². The summed E-state index contributed by atoms with van der Waals surface area (Å²) >= 11 is 0. The lowest BCUT2D eigenvalue weighted by atomic mass is 9.81. The summed E-state index contributed by atoms with van der Waals surface area (Å²) in [4.78, 5) is 19.1. The van der Waals surface area contributed by atoms with Crippen LogP contribution in [0.5, 0.6) is 5.75 Å². The Bertz CT molecular complexity index is 1060. The van der Waals surface area contributed by atoms with Crippen molar-refractivity contribution in [3.8, 4) is 16.9 Å². The average molecular weight is 407 g/mol. The van der Waals surface area contributed by atoms with Gasteiger partial charge in [0, 0.05) is 18.7 Å². The molecular formula is C23H25N3O4. The molecule has 1 N–H and O–H groups in total. The summed E-state index contributed by atoms with van der Waals surface area (Å²) in [5, 5.41) is 9.50. The SMILES string of the molecule is COc1ccc(-c2ccc3c([C@@H]4CN(C(=O)C5CC(O)C5)CCO4)ncn3c2)cc1. The van der Waals surface area contributed by atoms with E-state index in [9.17, 15) is 9.90 Å². The van der Waals surface area contributed by atoms with Crippen LogP contribution in [-0.2, 0) is 9.53 Å². The van der Waals surface area contributed by atoms with Gasteiger partial charge >= 0.3 is 0 Å². The molecule has 2 aromatic heterocycles. The number of rotatable bonds is 4. The molecule has 1 saturated carbocycles. The van der Waals surface area contributed by atoms with Crippen molar-refractivity contribution < 1.29 is 19.4 Å². The Morgan fingerprint density at radius 2 is 1.93 bits per heavy atom. The molecule has 1 amide bonds. The van der Waals surface area contributed by atoms with E-state index in [0.29, 0.717) is 32.5 Å². The molecule has 0 unspecified atom stereocenters. The van der Waals surface area contributed by atoms with Crippen molar-refractivity contribution in [1.29, 1.82) is 0 Å². The molecule has 156 valence electrons. The minimum atomic E-state index is -0.326. The number of carbonyl (C=O) groups excluding carboxylic acids is 1. The average Bonchev–Trinajstić information content (AvgIpc) is 3.20. The molecule has 2 fully saturated rings. The van der Waals surface area contributed by atoms with E-state index in [-0.39, 0.29) is 24.0 Å². The van der Waals surface area contributed by atoms with E-state index in [4.69, 9.17) is 9.47 Å². The summed E-state index contributed by atoms with van der Waals surface area (Å²) in [6, 6.07) is 12.1. The first-order valence-corrected chi connectivity index (χ1v) is 10.3. The molecule has 2 aliphatic rings. The van der Waals surface area contributed by atoms with Crippen LogP contribution in [0, 0.1) is 5.92 Å². The molecule has 3 heterocycles. The zero-order valence-electron chi connectivity index (χ0n) is 16.9. The van der Waals surface area contributed by atoms with Crippen LogP contribution >= 0.6 is 0 Å². The number of pyridine rings is 1. The number of aliphatic hydroxyl groups is 1. The molecule has 0 bridgehead atoms. The molecule has 5 rings (SSSR count). The van der Waals surface area contributed by atoms with Gasteiger partial charge in [-0.05, 0) is 42.2 Å². The van der Waals surface area contributed by atoms with E-state index in [2.05, 4.69) is 17.2 Å². The van der Waals surface area contributed by atoms with Crippen LogP contribution in [0.2, 0.25) is 0 Å². The lowest BCUT2D eigenvalue weighted by molar-refractivity contribution is -0.150. The second kappa shape index (κ2) is 7.74. The summed E-state index contributed by atoms with van der Waals surface area (Å²) < 4.78 is 13.2. The minimum absolute atomic E-state index is 0.0513. The molecule has 3 aromatic rings. The molecule has 1 aliphatic heterocycles. The Morgan fingerprint density at radius 1 is 1.17 bits per heavy atom. The topological polar surface area (TPSA) is 76.3 Å². The largest absolute Gasteiger partial charge is 0.497 e. The van der Waals surface area contributed by atoms with Crippen molar-refractivity contribution in [3.05, 3.63) is 54.6 Å². The predicted octanol–water partition coefficient (Wildman–Crippen LogP) is 2.68. The fraction of sp³-hybridized carbons (Fsp3) is 0.391. The number of methoxy groups -OCH3 is 1. The summed E-state index contributed by atoms with van der Waals surface area (Å²) in [6.45, 7) is 1.59. The van der Waals surface area contributed by atoms with Gasteiger partial charge in [-0.15, -0.1) is 0 Å². The van der Waals surface area contributed by atoms with Gasteiger partial charge in [-0.25, -0.2) is 4.98 Å². The lowest BCUT2D eigenvalue weighted by Gasteiger charge is -2.38. The van der Waals surface area contributed by atoms with Crippen LogP contribution in [0.4, 0.5) is 0 Å². The molecule has 30 heavy (non-hydrogen) atoms. The minimum Gasteiger partial charge on any atom is -0.497 e. The van der Waals surface area contributed by atoms with Crippen LogP contribution in [0.1, 0.15) is 24.6 Å². The Hall–Kier alpha value is -2.90. The molecule has 0 spiro atoms. The third-order valence-corrected chi connectivity index (χ3v) is 6.13. The number of aromatic nitrogens is 2. The van der Waals surface area contributed by atoms with Crippen molar-refractivity contribution in [2.75, 3.05) is 26.8 Å². The predicted molar refractivity (Wildman–Crippen MR) is 111 cm³/mol. The number of carbonyl (C=O) groups is 1. The van der Waals surface area contributed by atoms with Crippen LogP contribution in [0.3, 0.4) is 0 Å². The Labute approximate surface area is 174 Å². The fourth-order valence-electron chi connectivity index (χ4n) is 4.29. The van der Waals surface area contributed by atoms with Crippen LogP contribution in [-0.4, -0.2) is 58.2 Å². The number of aliphatic hydroxyl groups excluding tert-OH is 1. The van der Waals surface area contributed by atoms with Crippen molar-refractivity contribution >= 4 is 11.4 Å². The van der Waals surface area contributed by atoms with Gasteiger partial charge in [-0.2, -0.15) is 0 Å². The second-order valence-corrected chi connectivity index (χ2v) is 8.03. The number of nitrogens with zero attached hydrogens (tertiary/aromatic N) is 3.